The van der Waals surface area contributed by atoms with Gasteiger partial charge in [-0.1, -0.05) is 43.3 Å². The van der Waals surface area contributed by atoms with Gasteiger partial charge in [0, 0.05) is 11.6 Å². The van der Waals surface area contributed by atoms with E-state index in [0.29, 0.717) is 16.7 Å². The minimum atomic E-state index is 0.524. The van der Waals surface area contributed by atoms with Crippen molar-refractivity contribution in [1.82, 2.24) is 29.5 Å². The molecule has 120 valence electrons. The molecule has 2 heterocycles. The summed E-state index contributed by atoms with van der Waals surface area (Å²) in [6.07, 6.45) is 3.28. The van der Waals surface area contributed by atoms with Gasteiger partial charge in [-0.3, -0.25) is 4.57 Å². The van der Waals surface area contributed by atoms with Crippen LogP contribution in [0.4, 0.5) is 0 Å². The van der Waals surface area contributed by atoms with E-state index >= 15 is 0 Å². The number of nitrogens with zero attached hydrogens (tertiary/aromatic N) is 6. The lowest BCUT2D eigenvalue weighted by Crippen LogP contribution is -2.09. The molecule has 0 unspecified atom stereocenters. The van der Waals surface area contributed by atoms with Gasteiger partial charge in [0.25, 0.3) is 0 Å². The zero-order valence-corrected chi connectivity index (χ0v) is 14.5. The van der Waals surface area contributed by atoms with Crippen LogP contribution in [0.3, 0.4) is 0 Å². The first-order chi connectivity index (χ1) is 11.1. The highest BCUT2D eigenvalue weighted by Crippen LogP contribution is 2.24. The Morgan fingerprint density at radius 1 is 1.30 bits per heavy atom. The first kappa shape index (κ1) is 16.0. The first-order valence-corrected chi connectivity index (χ1v) is 8.65. The maximum absolute atomic E-state index is 6.06. The minimum absolute atomic E-state index is 0.524. The van der Waals surface area contributed by atoms with Crippen LogP contribution in [-0.4, -0.2) is 29.5 Å². The molecule has 3 rings (SSSR count). The summed E-state index contributed by atoms with van der Waals surface area (Å²) in [4.78, 5) is 4.34. The van der Waals surface area contributed by atoms with E-state index < -0.39 is 0 Å². The molecule has 0 aliphatic rings. The smallest absolute Gasteiger partial charge is 0.196 e. The molecule has 0 saturated carbocycles. The van der Waals surface area contributed by atoms with Crippen molar-refractivity contribution in [3.05, 3.63) is 47.8 Å². The maximum atomic E-state index is 6.06. The van der Waals surface area contributed by atoms with E-state index in [1.54, 1.807) is 24.4 Å². The van der Waals surface area contributed by atoms with Crippen LogP contribution in [0.15, 0.2) is 42.1 Å². The monoisotopic (exact) mass is 348 g/mol. The largest absolute Gasteiger partial charge is 0.277 e. The Hall–Kier alpha value is -1.86. The summed E-state index contributed by atoms with van der Waals surface area (Å²) in [6, 6.07) is 7.61. The molecule has 0 bridgehead atoms. The van der Waals surface area contributed by atoms with Gasteiger partial charge in [-0.15, -0.1) is 10.2 Å². The van der Waals surface area contributed by atoms with Crippen LogP contribution in [-0.2, 0) is 12.3 Å². The van der Waals surface area contributed by atoms with Gasteiger partial charge in [-0.05, 0) is 24.1 Å². The Morgan fingerprint density at radius 3 is 2.96 bits per heavy atom. The van der Waals surface area contributed by atoms with Crippen LogP contribution in [0.1, 0.15) is 19.7 Å². The highest BCUT2D eigenvalue weighted by Gasteiger charge is 2.11. The zero-order valence-electron chi connectivity index (χ0n) is 12.9. The van der Waals surface area contributed by atoms with Gasteiger partial charge >= 0.3 is 0 Å². The predicted molar refractivity (Wildman–Crippen MR) is 90.8 cm³/mol. The molecule has 0 aliphatic heterocycles. The third-order valence-electron chi connectivity index (χ3n) is 3.17. The first-order valence-electron chi connectivity index (χ1n) is 7.29. The fourth-order valence-electron chi connectivity index (χ4n) is 2.15. The Bertz CT molecular complexity index is 782. The van der Waals surface area contributed by atoms with Gasteiger partial charge < -0.3 is 0 Å². The molecule has 8 heteroatoms. The van der Waals surface area contributed by atoms with E-state index in [1.807, 2.05) is 33.5 Å². The zero-order chi connectivity index (χ0) is 16.2. The van der Waals surface area contributed by atoms with Crippen molar-refractivity contribution in [3.8, 4) is 5.69 Å². The van der Waals surface area contributed by atoms with Crippen molar-refractivity contribution in [1.29, 1.82) is 0 Å². The average molecular weight is 349 g/mol. The third kappa shape index (κ3) is 3.92. The van der Waals surface area contributed by atoms with Crippen LogP contribution in [0.2, 0.25) is 5.02 Å². The Morgan fingerprint density at radius 2 is 2.17 bits per heavy atom. The Kier molecular flexibility index (Phi) is 4.97. The molecule has 23 heavy (non-hydrogen) atoms. The van der Waals surface area contributed by atoms with Crippen LogP contribution in [0.5, 0.6) is 0 Å². The number of halogens is 1. The molecule has 6 nitrogen and oxygen atoms in total. The predicted octanol–water partition coefficient (Wildman–Crippen LogP) is 3.46. The van der Waals surface area contributed by atoms with Crippen molar-refractivity contribution in [3.63, 3.8) is 0 Å². The molecule has 3 aromatic rings. The maximum Gasteiger partial charge on any atom is 0.196 e. The van der Waals surface area contributed by atoms with Crippen LogP contribution < -0.4 is 0 Å². The summed E-state index contributed by atoms with van der Waals surface area (Å²) in [6.45, 7) is 5.18. The number of rotatable bonds is 6. The van der Waals surface area contributed by atoms with Gasteiger partial charge in [-0.25, -0.2) is 9.67 Å². The number of thioether (sulfide) groups is 1. The molecule has 0 fully saturated rings. The number of aromatic nitrogens is 6. The summed E-state index contributed by atoms with van der Waals surface area (Å²) in [5.41, 5.74) is 0.939. The fourth-order valence-corrected chi connectivity index (χ4v) is 3.22. The Balaban J connectivity index is 1.75. The van der Waals surface area contributed by atoms with Crippen LogP contribution in [0.25, 0.3) is 5.69 Å². The van der Waals surface area contributed by atoms with Crippen molar-refractivity contribution in [2.75, 3.05) is 0 Å². The summed E-state index contributed by atoms with van der Waals surface area (Å²) in [7, 11) is 0. The van der Waals surface area contributed by atoms with Crippen molar-refractivity contribution < 1.29 is 0 Å². The van der Waals surface area contributed by atoms with Crippen molar-refractivity contribution in [2.24, 2.45) is 5.92 Å². The second kappa shape index (κ2) is 7.14. The third-order valence-corrected chi connectivity index (χ3v) is 4.34. The lowest BCUT2D eigenvalue weighted by molar-refractivity contribution is 0.471. The molecule has 0 saturated heterocycles. The highest BCUT2D eigenvalue weighted by atomic mass is 35.5. The molecular weight excluding hydrogens is 332 g/mol. The van der Waals surface area contributed by atoms with Crippen molar-refractivity contribution in [2.45, 2.75) is 31.3 Å². The normalized spacial score (nSPS) is 11.3. The van der Waals surface area contributed by atoms with E-state index in [-0.39, 0.29) is 0 Å². The van der Waals surface area contributed by atoms with Crippen LogP contribution in [0, 0.1) is 5.92 Å². The lowest BCUT2D eigenvalue weighted by atomic mass is 10.2. The lowest BCUT2D eigenvalue weighted by Gasteiger charge is -2.09. The molecule has 0 aliphatic carbocycles. The Labute approximate surface area is 143 Å². The second-order valence-electron chi connectivity index (χ2n) is 5.50. The summed E-state index contributed by atoms with van der Waals surface area (Å²) in [5.74, 6) is 2.14. The van der Waals surface area contributed by atoms with Gasteiger partial charge in [0.15, 0.2) is 5.16 Å². The van der Waals surface area contributed by atoms with E-state index in [0.717, 1.165) is 23.2 Å². The van der Waals surface area contributed by atoms with Crippen molar-refractivity contribution >= 4 is 23.4 Å². The summed E-state index contributed by atoms with van der Waals surface area (Å²) >= 11 is 7.64. The molecule has 0 amide bonds. The van der Waals surface area contributed by atoms with E-state index in [9.17, 15) is 0 Å². The molecule has 0 spiro atoms. The SMILES string of the molecule is CC(C)Cn1ncnc1CSc1nncn1-c1cccc(Cl)c1. The fraction of sp³-hybridized carbons (Fsp3) is 0.333. The summed E-state index contributed by atoms with van der Waals surface area (Å²) < 4.78 is 3.86. The van der Waals surface area contributed by atoms with E-state index in [2.05, 4.69) is 34.1 Å². The quantitative estimate of drug-likeness (QED) is 0.638. The number of hydrogen-bond acceptors (Lipinski definition) is 5. The molecule has 1 aromatic carbocycles. The van der Waals surface area contributed by atoms with E-state index in [1.165, 1.54) is 0 Å². The number of benzene rings is 1. The van der Waals surface area contributed by atoms with E-state index in [4.69, 9.17) is 11.6 Å². The van der Waals surface area contributed by atoms with Gasteiger partial charge in [0.05, 0.1) is 11.4 Å². The number of hydrogen-bond donors (Lipinski definition) is 0. The van der Waals surface area contributed by atoms with Crippen LogP contribution >= 0.6 is 23.4 Å². The molecule has 0 radical (unpaired) electrons. The van der Waals surface area contributed by atoms with Gasteiger partial charge in [-0.2, -0.15) is 5.10 Å². The molecule has 0 N–H and O–H groups in total. The van der Waals surface area contributed by atoms with Gasteiger partial charge in [0.1, 0.15) is 18.5 Å². The molecular formula is C15H17ClN6S. The standard InChI is InChI=1S/C15H17ClN6S/c1-11(2)7-22-14(17-9-19-22)8-23-15-20-18-10-21(15)13-5-3-4-12(16)6-13/h3-6,9-11H,7-8H2,1-2H3. The summed E-state index contributed by atoms with van der Waals surface area (Å²) in [5, 5.41) is 14.0. The molecule has 0 atom stereocenters. The minimum Gasteiger partial charge on any atom is -0.277 e. The molecule has 2 aromatic heterocycles. The second-order valence-corrected chi connectivity index (χ2v) is 6.88. The van der Waals surface area contributed by atoms with Gasteiger partial charge in [0.2, 0.25) is 0 Å². The topological polar surface area (TPSA) is 61.4 Å². The highest BCUT2D eigenvalue weighted by molar-refractivity contribution is 7.98. The average Bonchev–Trinajstić information content (AvgIpc) is 3.13.